The molecule has 1 saturated heterocycles. The number of amides is 1. The van der Waals surface area contributed by atoms with Crippen molar-refractivity contribution in [3.63, 3.8) is 0 Å². The number of hydrogen-bond acceptors (Lipinski definition) is 4. The Bertz CT molecular complexity index is 349. The van der Waals surface area contributed by atoms with Crippen molar-refractivity contribution in [1.82, 2.24) is 4.90 Å². The third-order valence-electron chi connectivity index (χ3n) is 3.13. The molecule has 0 aromatic carbocycles. The van der Waals surface area contributed by atoms with E-state index in [-0.39, 0.29) is 0 Å². The molecule has 0 aromatic heterocycles. The molecule has 6 heteroatoms. The molecule has 1 aliphatic rings. The summed E-state index contributed by atoms with van der Waals surface area (Å²) >= 11 is 0. The van der Waals surface area contributed by atoms with E-state index in [0.29, 0.717) is 13.0 Å². The van der Waals surface area contributed by atoms with Gasteiger partial charge in [-0.3, -0.25) is 4.90 Å². The van der Waals surface area contributed by atoms with Gasteiger partial charge in [-0.15, -0.1) is 0 Å². The van der Waals surface area contributed by atoms with Crippen LogP contribution in [0.2, 0.25) is 0 Å². The molecule has 1 fully saturated rings. The van der Waals surface area contributed by atoms with Crippen molar-refractivity contribution < 1.29 is 24.2 Å². The second kappa shape index (κ2) is 4.76. The van der Waals surface area contributed by atoms with E-state index in [9.17, 15) is 14.7 Å². The highest BCUT2D eigenvalue weighted by Crippen LogP contribution is 2.33. The fourth-order valence-corrected chi connectivity index (χ4v) is 2.13. The van der Waals surface area contributed by atoms with E-state index in [4.69, 9.17) is 9.47 Å². The Balaban J connectivity index is 2.95. The third kappa shape index (κ3) is 2.58. The predicted octanol–water partition coefficient (Wildman–Crippen LogP) is 1.49. The van der Waals surface area contributed by atoms with Gasteiger partial charge in [-0.2, -0.15) is 0 Å². The van der Waals surface area contributed by atoms with E-state index in [1.54, 1.807) is 20.8 Å². The van der Waals surface area contributed by atoms with Crippen molar-refractivity contribution in [2.24, 2.45) is 0 Å². The molecule has 2 atom stereocenters. The van der Waals surface area contributed by atoms with Crippen LogP contribution >= 0.6 is 0 Å². The molecule has 1 rings (SSSR count). The van der Waals surface area contributed by atoms with E-state index >= 15 is 0 Å². The zero-order valence-corrected chi connectivity index (χ0v) is 11.5. The van der Waals surface area contributed by atoms with Gasteiger partial charge in [0.05, 0.1) is 6.10 Å². The van der Waals surface area contributed by atoms with Crippen molar-refractivity contribution in [3.8, 4) is 0 Å². The molecule has 0 bridgehead atoms. The highest BCUT2D eigenvalue weighted by atomic mass is 16.6. The Morgan fingerprint density at radius 2 is 1.94 bits per heavy atom. The fraction of sp³-hybridized carbons (Fsp3) is 0.833. The number of carboxylic acid groups (broad SMARTS) is 1. The zero-order valence-electron chi connectivity index (χ0n) is 11.5. The highest BCUT2D eigenvalue weighted by molar-refractivity contribution is 5.85. The Hall–Kier alpha value is -1.30. The smallest absolute Gasteiger partial charge is 0.411 e. The summed E-state index contributed by atoms with van der Waals surface area (Å²) in [5.41, 5.74) is -2.03. The van der Waals surface area contributed by atoms with Crippen molar-refractivity contribution >= 4 is 12.1 Å². The first kappa shape index (κ1) is 14.8. The number of aliphatic carboxylic acids is 1. The minimum absolute atomic E-state index is 0.316. The van der Waals surface area contributed by atoms with Crippen LogP contribution in [0.5, 0.6) is 0 Å². The van der Waals surface area contributed by atoms with Crippen LogP contribution in [-0.2, 0) is 14.3 Å². The largest absolute Gasteiger partial charge is 0.479 e. The minimum Gasteiger partial charge on any atom is -0.479 e. The predicted molar refractivity (Wildman–Crippen MR) is 64.4 cm³/mol. The molecule has 1 heterocycles. The summed E-state index contributed by atoms with van der Waals surface area (Å²) in [4.78, 5) is 24.7. The number of likely N-dealkylation sites (tertiary alicyclic amines) is 1. The summed E-state index contributed by atoms with van der Waals surface area (Å²) in [5, 5.41) is 9.36. The van der Waals surface area contributed by atoms with Crippen LogP contribution in [-0.4, -0.2) is 53.0 Å². The number of hydrogen-bond donors (Lipinski definition) is 1. The van der Waals surface area contributed by atoms with E-state index in [0.717, 1.165) is 0 Å². The van der Waals surface area contributed by atoms with Crippen LogP contribution in [0.25, 0.3) is 0 Å². The normalized spacial score (nSPS) is 28.3. The molecule has 6 nitrogen and oxygen atoms in total. The lowest BCUT2D eigenvalue weighted by atomic mass is 9.96. The van der Waals surface area contributed by atoms with Crippen molar-refractivity contribution in [2.75, 3.05) is 13.7 Å². The van der Waals surface area contributed by atoms with E-state index in [1.807, 2.05) is 0 Å². The Morgan fingerprint density at radius 3 is 2.33 bits per heavy atom. The van der Waals surface area contributed by atoms with Crippen molar-refractivity contribution in [2.45, 2.75) is 51.4 Å². The number of rotatable bonds is 2. The van der Waals surface area contributed by atoms with E-state index < -0.39 is 29.3 Å². The highest BCUT2D eigenvalue weighted by Gasteiger charge is 2.54. The first-order chi connectivity index (χ1) is 8.13. The van der Waals surface area contributed by atoms with Gasteiger partial charge in [0, 0.05) is 13.7 Å². The molecule has 0 aliphatic carbocycles. The minimum atomic E-state index is -1.38. The molecule has 104 valence electrons. The number of nitrogens with zero attached hydrogens (tertiary/aromatic N) is 1. The molecule has 1 amide bonds. The Kier molecular flexibility index (Phi) is 3.90. The van der Waals surface area contributed by atoms with Gasteiger partial charge in [-0.1, -0.05) is 0 Å². The quantitative estimate of drug-likeness (QED) is 0.813. The van der Waals surface area contributed by atoms with Crippen molar-refractivity contribution in [3.05, 3.63) is 0 Å². The summed E-state index contributed by atoms with van der Waals surface area (Å²) in [6, 6.07) is 0. The number of carbonyl (C=O) groups is 2. The first-order valence-electron chi connectivity index (χ1n) is 5.89. The molecule has 0 radical (unpaired) electrons. The van der Waals surface area contributed by atoms with Gasteiger partial charge in [0.15, 0.2) is 5.54 Å². The lowest BCUT2D eigenvalue weighted by Gasteiger charge is -2.35. The van der Waals surface area contributed by atoms with Crippen LogP contribution < -0.4 is 0 Å². The van der Waals surface area contributed by atoms with Crippen molar-refractivity contribution in [1.29, 1.82) is 0 Å². The Labute approximate surface area is 107 Å². The molecular weight excluding hydrogens is 238 g/mol. The average molecular weight is 259 g/mol. The van der Waals surface area contributed by atoms with Gasteiger partial charge >= 0.3 is 12.1 Å². The standard InChI is InChI=1S/C12H21NO5/c1-11(2,3)18-10(16)13-7-6-8(17-5)12(13,4)9(14)15/h8H,6-7H2,1-5H3,(H,14,15)/t8-,12-/m0/s1. The third-order valence-corrected chi connectivity index (χ3v) is 3.13. The van der Waals surface area contributed by atoms with Crippen LogP contribution in [0.3, 0.4) is 0 Å². The lowest BCUT2D eigenvalue weighted by molar-refractivity contribution is -0.154. The first-order valence-corrected chi connectivity index (χ1v) is 5.89. The number of methoxy groups -OCH3 is 1. The average Bonchev–Trinajstić information content (AvgIpc) is 2.54. The van der Waals surface area contributed by atoms with Gasteiger partial charge in [0.1, 0.15) is 5.60 Å². The summed E-state index contributed by atoms with van der Waals surface area (Å²) in [5.74, 6) is -1.09. The second-order valence-electron chi connectivity index (χ2n) is 5.60. The number of ether oxygens (including phenoxy) is 2. The topological polar surface area (TPSA) is 76.1 Å². The van der Waals surface area contributed by atoms with Gasteiger partial charge in [-0.25, -0.2) is 9.59 Å². The lowest BCUT2D eigenvalue weighted by Crippen LogP contribution is -2.57. The summed E-state index contributed by atoms with van der Waals surface area (Å²) in [7, 11) is 1.45. The maximum absolute atomic E-state index is 12.0. The van der Waals surface area contributed by atoms with E-state index in [1.165, 1.54) is 18.9 Å². The maximum atomic E-state index is 12.0. The molecule has 0 spiro atoms. The summed E-state index contributed by atoms with van der Waals surface area (Å²) in [6.07, 6.45) is -0.659. The number of carbonyl (C=O) groups excluding carboxylic acids is 1. The van der Waals surface area contributed by atoms with Gasteiger partial charge in [0.2, 0.25) is 0 Å². The van der Waals surface area contributed by atoms with Gasteiger partial charge < -0.3 is 14.6 Å². The maximum Gasteiger partial charge on any atom is 0.411 e. The van der Waals surface area contributed by atoms with Gasteiger partial charge in [-0.05, 0) is 34.1 Å². The van der Waals surface area contributed by atoms with Crippen LogP contribution in [0, 0.1) is 0 Å². The van der Waals surface area contributed by atoms with Crippen LogP contribution in [0.1, 0.15) is 34.1 Å². The monoisotopic (exact) mass is 259 g/mol. The van der Waals surface area contributed by atoms with Gasteiger partial charge in [0.25, 0.3) is 0 Å². The van der Waals surface area contributed by atoms with E-state index in [2.05, 4.69) is 0 Å². The molecule has 18 heavy (non-hydrogen) atoms. The summed E-state index contributed by atoms with van der Waals surface area (Å²) in [6.45, 7) is 7.03. The molecule has 0 aromatic rings. The second-order valence-corrected chi connectivity index (χ2v) is 5.60. The van der Waals surface area contributed by atoms with Crippen LogP contribution in [0.15, 0.2) is 0 Å². The molecular formula is C12H21NO5. The zero-order chi connectivity index (χ0) is 14.1. The molecule has 0 saturated carbocycles. The summed E-state index contributed by atoms with van der Waals surface area (Å²) < 4.78 is 10.4. The van der Waals surface area contributed by atoms with Crippen LogP contribution in [0.4, 0.5) is 4.79 Å². The number of carboxylic acids is 1. The Morgan fingerprint density at radius 1 is 1.39 bits per heavy atom. The fourth-order valence-electron chi connectivity index (χ4n) is 2.13. The molecule has 1 aliphatic heterocycles. The molecule has 0 unspecified atom stereocenters. The molecule has 1 N–H and O–H groups in total. The SMILES string of the molecule is CO[C@H]1CCN(C(=O)OC(C)(C)C)[C@]1(C)C(=O)O.